The molecule has 1 aromatic rings. The topological polar surface area (TPSA) is 75.9 Å². The minimum absolute atomic E-state index is 0.750. The van der Waals surface area contributed by atoms with Crippen molar-refractivity contribution < 1.29 is 0 Å². The van der Waals surface area contributed by atoms with Crippen LogP contribution in [-0.4, -0.2) is 19.8 Å². The van der Waals surface area contributed by atoms with Gasteiger partial charge in [0, 0.05) is 6.21 Å². The van der Waals surface area contributed by atoms with Gasteiger partial charge in [0.25, 0.3) is 0 Å². The van der Waals surface area contributed by atoms with E-state index in [9.17, 15) is 0 Å². The van der Waals surface area contributed by atoms with Crippen molar-refractivity contribution in [3.05, 3.63) is 35.9 Å². The fourth-order valence-electron chi connectivity index (χ4n) is 0.549. The largest absolute Gasteiger partial charge is 0.333 e. The minimum Gasteiger partial charge on any atom is -0.333 e. The Morgan fingerprint density at radius 2 is 1.62 bits per heavy atom. The van der Waals surface area contributed by atoms with Crippen molar-refractivity contribution in [2.45, 2.75) is 6.92 Å². The van der Waals surface area contributed by atoms with Gasteiger partial charge in [-0.2, -0.15) is 0 Å². The first-order chi connectivity index (χ1) is 6.35. The van der Waals surface area contributed by atoms with Crippen molar-refractivity contribution in [3.63, 3.8) is 0 Å². The fourth-order valence-corrected chi connectivity index (χ4v) is 0.549. The maximum atomic E-state index is 6.82. The molecule has 3 heteroatoms. The molecule has 0 radical (unpaired) electrons. The highest BCUT2D eigenvalue weighted by atomic mass is 14.5. The molecule has 13 heavy (non-hydrogen) atoms. The maximum absolute atomic E-state index is 6.82. The summed E-state index contributed by atoms with van der Waals surface area (Å²) in [6, 6.07) is 9.56. The second-order valence-corrected chi connectivity index (χ2v) is 1.96. The maximum Gasteiger partial charge on any atom is 0.0250 e. The standard InChI is InChI=1S/C7H7N.C2H7N.CH5N/c8-6-7-4-2-1-3-5-7;1-2-3;1-2/h1-6,8H;2-3H2,1H3;2H2,1H3. The van der Waals surface area contributed by atoms with Crippen molar-refractivity contribution in [2.75, 3.05) is 13.6 Å². The lowest BCUT2D eigenvalue weighted by Crippen LogP contribution is -1.87. The molecular weight excluding hydrogens is 162 g/mol. The summed E-state index contributed by atoms with van der Waals surface area (Å²) in [5.41, 5.74) is 10.3. The molecule has 3 nitrogen and oxygen atoms in total. The van der Waals surface area contributed by atoms with Crippen molar-refractivity contribution in [3.8, 4) is 0 Å². The molecule has 0 unspecified atom stereocenters. The summed E-state index contributed by atoms with van der Waals surface area (Å²) < 4.78 is 0. The molecular formula is C10H19N3. The molecule has 0 aliphatic heterocycles. The van der Waals surface area contributed by atoms with E-state index in [1.807, 2.05) is 37.3 Å². The van der Waals surface area contributed by atoms with Gasteiger partial charge in [-0.25, -0.2) is 0 Å². The van der Waals surface area contributed by atoms with Gasteiger partial charge in [0.15, 0.2) is 0 Å². The van der Waals surface area contributed by atoms with Crippen LogP contribution in [0, 0.1) is 5.41 Å². The van der Waals surface area contributed by atoms with E-state index in [4.69, 9.17) is 11.1 Å². The van der Waals surface area contributed by atoms with Crippen LogP contribution in [-0.2, 0) is 0 Å². The summed E-state index contributed by atoms with van der Waals surface area (Å²) >= 11 is 0. The molecule has 0 spiro atoms. The highest BCUT2D eigenvalue weighted by Crippen LogP contribution is 1.91. The monoisotopic (exact) mass is 181 g/mol. The molecule has 0 fully saturated rings. The number of hydrogen-bond acceptors (Lipinski definition) is 3. The van der Waals surface area contributed by atoms with Crippen LogP contribution < -0.4 is 11.5 Å². The zero-order valence-electron chi connectivity index (χ0n) is 8.33. The first kappa shape index (κ1) is 14.3. The molecule has 0 aliphatic carbocycles. The second-order valence-electron chi connectivity index (χ2n) is 1.96. The molecule has 0 heterocycles. The van der Waals surface area contributed by atoms with Crippen LogP contribution in [0.1, 0.15) is 12.5 Å². The number of hydrogen-bond donors (Lipinski definition) is 3. The summed E-state index contributed by atoms with van der Waals surface area (Å²) in [5.74, 6) is 0. The van der Waals surface area contributed by atoms with Crippen LogP contribution in [0.2, 0.25) is 0 Å². The fraction of sp³-hybridized carbons (Fsp3) is 0.300. The van der Waals surface area contributed by atoms with Gasteiger partial charge >= 0.3 is 0 Å². The lowest BCUT2D eigenvalue weighted by molar-refractivity contribution is 1.14. The van der Waals surface area contributed by atoms with Crippen molar-refractivity contribution in [1.29, 1.82) is 5.41 Å². The van der Waals surface area contributed by atoms with Crippen LogP contribution in [0.5, 0.6) is 0 Å². The number of rotatable bonds is 1. The molecule has 1 rings (SSSR count). The summed E-state index contributed by atoms with van der Waals surface area (Å²) in [6.45, 7) is 2.65. The lowest BCUT2D eigenvalue weighted by atomic mass is 10.2. The van der Waals surface area contributed by atoms with Crippen LogP contribution >= 0.6 is 0 Å². The Labute approximate surface area is 80.3 Å². The molecule has 0 aliphatic rings. The zero-order chi connectivity index (χ0) is 10.5. The Balaban J connectivity index is 0. The number of nitrogens with one attached hydrogen (secondary N) is 1. The normalized spacial score (nSPS) is 7.08. The Morgan fingerprint density at radius 3 is 1.85 bits per heavy atom. The van der Waals surface area contributed by atoms with Crippen LogP contribution in [0.4, 0.5) is 0 Å². The third-order valence-corrected chi connectivity index (χ3v) is 0.966. The predicted molar refractivity (Wildman–Crippen MR) is 59.2 cm³/mol. The highest BCUT2D eigenvalue weighted by molar-refractivity contribution is 5.76. The molecule has 0 amide bonds. The van der Waals surface area contributed by atoms with Gasteiger partial charge < -0.3 is 16.9 Å². The molecule has 5 N–H and O–H groups in total. The van der Waals surface area contributed by atoms with Crippen LogP contribution in [0.3, 0.4) is 0 Å². The summed E-state index contributed by atoms with van der Waals surface area (Å²) in [4.78, 5) is 0. The second kappa shape index (κ2) is 13.4. The Bertz CT molecular complexity index is 185. The average Bonchev–Trinajstić information content (AvgIpc) is 2.23. The zero-order valence-corrected chi connectivity index (χ0v) is 8.33. The first-order valence-corrected chi connectivity index (χ1v) is 4.18. The quantitative estimate of drug-likeness (QED) is 0.570. The summed E-state index contributed by atoms with van der Waals surface area (Å²) in [7, 11) is 1.50. The Morgan fingerprint density at radius 1 is 1.23 bits per heavy atom. The van der Waals surface area contributed by atoms with Gasteiger partial charge in [-0.3, -0.25) is 0 Å². The molecule has 74 valence electrons. The summed E-state index contributed by atoms with van der Waals surface area (Å²) in [6.07, 6.45) is 1.33. The Kier molecular flexibility index (Phi) is 14.8. The van der Waals surface area contributed by atoms with Gasteiger partial charge in [-0.05, 0) is 19.2 Å². The van der Waals surface area contributed by atoms with E-state index < -0.39 is 0 Å². The van der Waals surface area contributed by atoms with E-state index >= 15 is 0 Å². The van der Waals surface area contributed by atoms with Gasteiger partial charge in [0.2, 0.25) is 0 Å². The van der Waals surface area contributed by atoms with E-state index in [1.165, 1.54) is 13.3 Å². The summed E-state index contributed by atoms with van der Waals surface area (Å²) in [5, 5.41) is 6.82. The third kappa shape index (κ3) is 10.8. The predicted octanol–water partition coefficient (Wildman–Crippen LogP) is 1.22. The third-order valence-electron chi connectivity index (χ3n) is 0.966. The lowest BCUT2D eigenvalue weighted by Gasteiger charge is -1.84. The van der Waals surface area contributed by atoms with Gasteiger partial charge in [-0.1, -0.05) is 37.3 Å². The van der Waals surface area contributed by atoms with Gasteiger partial charge in [0.1, 0.15) is 0 Å². The molecule has 1 aromatic carbocycles. The average molecular weight is 181 g/mol. The van der Waals surface area contributed by atoms with E-state index in [0.717, 1.165) is 12.1 Å². The van der Waals surface area contributed by atoms with Crippen molar-refractivity contribution in [2.24, 2.45) is 11.5 Å². The number of benzene rings is 1. The molecule has 0 saturated carbocycles. The van der Waals surface area contributed by atoms with Crippen LogP contribution in [0.25, 0.3) is 0 Å². The molecule has 0 aromatic heterocycles. The molecule has 0 bridgehead atoms. The highest BCUT2D eigenvalue weighted by Gasteiger charge is 1.77. The molecule has 0 atom stereocenters. The van der Waals surface area contributed by atoms with E-state index in [0.29, 0.717) is 0 Å². The van der Waals surface area contributed by atoms with Gasteiger partial charge in [0.05, 0.1) is 0 Å². The first-order valence-electron chi connectivity index (χ1n) is 4.18. The van der Waals surface area contributed by atoms with Crippen LogP contribution in [0.15, 0.2) is 30.3 Å². The van der Waals surface area contributed by atoms with E-state index in [2.05, 4.69) is 5.73 Å². The number of nitrogens with two attached hydrogens (primary N) is 2. The smallest absolute Gasteiger partial charge is 0.0250 e. The van der Waals surface area contributed by atoms with Crippen molar-refractivity contribution in [1.82, 2.24) is 0 Å². The van der Waals surface area contributed by atoms with E-state index in [-0.39, 0.29) is 0 Å². The SMILES string of the molecule is CCN.CN.N=Cc1ccccc1. The Hall–Kier alpha value is -1.19. The minimum atomic E-state index is 0.750. The van der Waals surface area contributed by atoms with E-state index in [1.54, 1.807) is 0 Å². The van der Waals surface area contributed by atoms with Gasteiger partial charge in [-0.15, -0.1) is 0 Å². The molecule has 0 saturated heterocycles. The van der Waals surface area contributed by atoms with Crippen molar-refractivity contribution >= 4 is 6.21 Å².